The number of hydrogen-bond acceptors (Lipinski definition) is 1. The molecule has 0 aliphatic carbocycles. The minimum atomic E-state index is -2.42. The summed E-state index contributed by atoms with van der Waals surface area (Å²) < 4.78 is 25.4. The number of rotatable bonds is 6. The standard InChI is InChI=1S/C18H21F2N/c1-13(2)17(15-8-4-3-5-9-15)21-12-14-7-6-10-16(11-14)18(19)20/h3-11,13,17-18,21H,12H2,1-2H3. The van der Waals surface area contributed by atoms with Crippen molar-refractivity contribution in [2.75, 3.05) is 0 Å². The van der Waals surface area contributed by atoms with Crippen LogP contribution in [0.15, 0.2) is 54.6 Å². The van der Waals surface area contributed by atoms with Crippen molar-refractivity contribution >= 4 is 0 Å². The van der Waals surface area contributed by atoms with Gasteiger partial charge in [-0.15, -0.1) is 0 Å². The maximum atomic E-state index is 12.7. The lowest BCUT2D eigenvalue weighted by molar-refractivity contribution is 0.151. The lowest BCUT2D eigenvalue weighted by atomic mass is 9.96. The average molecular weight is 289 g/mol. The predicted octanol–water partition coefficient (Wildman–Crippen LogP) is 5.11. The van der Waals surface area contributed by atoms with Crippen LogP contribution in [0.3, 0.4) is 0 Å². The zero-order valence-electron chi connectivity index (χ0n) is 12.4. The van der Waals surface area contributed by atoms with Crippen molar-refractivity contribution in [3.8, 4) is 0 Å². The summed E-state index contributed by atoms with van der Waals surface area (Å²) in [5.74, 6) is 0.422. The summed E-state index contributed by atoms with van der Waals surface area (Å²) in [5, 5.41) is 3.47. The van der Waals surface area contributed by atoms with Gasteiger partial charge in [0.15, 0.2) is 0 Å². The Morgan fingerprint density at radius 2 is 1.57 bits per heavy atom. The van der Waals surface area contributed by atoms with Crippen molar-refractivity contribution in [3.05, 3.63) is 71.3 Å². The monoisotopic (exact) mass is 289 g/mol. The van der Waals surface area contributed by atoms with E-state index in [2.05, 4.69) is 31.3 Å². The number of alkyl halides is 2. The van der Waals surface area contributed by atoms with Crippen LogP contribution in [0.4, 0.5) is 8.78 Å². The molecule has 0 heterocycles. The van der Waals surface area contributed by atoms with Crippen LogP contribution in [0.25, 0.3) is 0 Å². The highest BCUT2D eigenvalue weighted by Gasteiger charge is 2.15. The van der Waals surface area contributed by atoms with Gasteiger partial charge in [-0.3, -0.25) is 0 Å². The topological polar surface area (TPSA) is 12.0 Å². The SMILES string of the molecule is CC(C)C(NCc1cccc(C(F)F)c1)c1ccccc1. The van der Waals surface area contributed by atoms with Crippen molar-refractivity contribution in [2.24, 2.45) is 5.92 Å². The lowest BCUT2D eigenvalue weighted by Gasteiger charge is -2.23. The molecule has 1 atom stereocenters. The van der Waals surface area contributed by atoms with Crippen LogP contribution < -0.4 is 5.32 Å². The van der Waals surface area contributed by atoms with E-state index in [9.17, 15) is 8.78 Å². The predicted molar refractivity (Wildman–Crippen MR) is 82.3 cm³/mol. The molecule has 0 saturated carbocycles. The Morgan fingerprint density at radius 1 is 0.905 bits per heavy atom. The van der Waals surface area contributed by atoms with E-state index in [1.807, 2.05) is 24.3 Å². The Labute approximate surface area is 125 Å². The number of halogens is 2. The van der Waals surface area contributed by atoms with E-state index >= 15 is 0 Å². The third-order valence-corrected chi connectivity index (χ3v) is 3.55. The Bertz CT molecular complexity index is 552. The summed E-state index contributed by atoms with van der Waals surface area (Å²) in [7, 11) is 0. The van der Waals surface area contributed by atoms with Gasteiger partial charge in [0, 0.05) is 18.2 Å². The second kappa shape index (κ2) is 7.32. The molecule has 2 aromatic carbocycles. The molecule has 21 heavy (non-hydrogen) atoms. The fourth-order valence-corrected chi connectivity index (χ4v) is 2.47. The van der Waals surface area contributed by atoms with E-state index in [0.717, 1.165) is 5.56 Å². The Hall–Kier alpha value is -1.74. The second-order valence-corrected chi connectivity index (χ2v) is 5.56. The molecule has 0 saturated heterocycles. The van der Waals surface area contributed by atoms with Crippen molar-refractivity contribution in [1.82, 2.24) is 5.32 Å². The van der Waals surface area contributed by atoms with Gasteiger partial charge in [0.25, 0.3) is 6.43 Å². The molecule has 1 N–H and O–H groups in total. The molecular formula is C18H21F2N. The number of hydrogen-bond donors (Lipinski definition) is 1. The van der Waals surface area contributed by atoms with Crippen LogP contribution in [0, 0.1) is 5.92 Å². The second-order valence-electron chi connectivity index (χ2n) is 5.56. The van der Waals surface area contributed by atoms with Gasteiger partial charge in [0.05, 0.1) is 0 Å². The molecule has 0 radical (unpaired) electrons. The summed E-state index contributed by atoms with van der Waals surface area (Å²) in [6.07, 6.45) is -2.42. The zero-order valence-corrected chi connectivity index (χ0v) is 12.4. The third kappa shape index (κ3) is 4.36. The van der Waals surface area contributed by atoms with Gasteiger partial charge in [-0.05, 0) is 23.1 Å². The lowest BCUT2D eigenvalue weighted by Crippen LogP contribution is -2.25. The van der Waals surface area contributed by atoms with Crippen LogP contribution in [0.5, 0.6) is 0 Å². The normalized spacial score (nSPS) is 12.9. The van der Waals surface area contributed by atoms with Crippen LogP contribution in [-0.4, -0.2) is 0 Å². The van der Waals surface area contributed by atoms with Gasteiger partial charge in [0.1, 0.15) is 0 Å². The first-order chi connectivity index (χ1) is 10.1. The van der Waals surface area contributed by atoms with E-state index in [0.29, 0.717) is 12.5 Å². The molecule has 1 unspecified atom stereocenters. The molecule has 0 aliphatic heterocycles. The van der Waals surface area contributed by atoms with Gasteiger partial charge in [0.2, 0.25) is 0 Å². The molecule has 0 aliphatic rings. The molecule has 0 fully saturated rings. The summed E-state index contributed by atoms with van der Waals surface area (Å²) in [5.41, 5.74) is 2.18. The van der Waals surface area contributed by atoms with Crippen LogP contribution in [-0.2, 0) is 6.54 Å². The Kier molecular flexibility index (Phi) is 5.45. The van der Waals surface area contributed by atoms with Gasteiger partial charge in [-0.25, -0.2) is 8.78 Å². The number of nitrogens with one attached hydrogen (secondary N) is 1. The average Bonchev–Trinajstić information content (AvgIpc) is 2.48. The minimum Gasteiger partial charge on any atom is -0.306 e. The highest BCUT2D eigenvalue weighted by Crippen LogP contribution is 2.23. The highest BCUT2D eigenvalue weighted by molar-refractivity contribution is 5.25. The molecule has 3 heteroatoms. The van der Waals surface area contributed by atoms with E-state index in [1.54, 1.807) is 12.1 Å². The molecule has 2 rings (SSSR count). The minimum absolute atomic E-state index is 0.0788. The quantitative estimate of drug-likeness (QED) is 0.779. The molecule has 0 bridgehead atoms. The third-order valence-electron chi connectivity index (χ3n) is 3.55. The Morgan fingerprint density at radius 3 is 2.19 bits per heavy atom. The van der Waals surface area contributed by atoms with Gasteiger partial charge in [-0.2, -0.15) is 0 Å². The van der Waals surface area contributed by atoms with Crippen molar-refractivity contribution < 1.29 is 8.78 Å². The molecule has 0 aromatic heterocycles. The molecule has 2 aromatic rings. The van der Waals surface area contributed by atoms with Gasteiger partial charge in [-0.1, -0.05) is 62.4 Å². The summed E-state index contributed by atoms with van der Waals surface area (Å²) >= 11 is 0. The molecule has 0 amide bonds. The first kappa shape index (κ1) is 15.6. The maximum absolute atomic E-state index is 12.7. The van der Waals surface area contributed by atoms with E-state index < -0.39 is 6.43 Å². The van der Waals surface area contributed by atoms with Crippen molar-refractivity contribution in [2.45, 2.75) is 32.9 Å². The zero-order chi connectivity index (χ0) is 15.2. The van der Waals surface area contributed by atoms with Crippen LogP contribution >= 0.6 is 0 Å². The van der Waals surface area contributed by atoms with Crippen molar-refractivity contribution in [1.29, 1.82) is 0 Å². The van der Waals surface area contributed by atoms with E-state index in [1.165, 1.54) is 11.6 Å². The fraction of sp³-hybridized carbons (Fsp3) is 0.333. The van der Waals surface area contributed by atoms with Crippen LogP contribution in [0.1, 0.15) is 43.0 Å². The van der Waals surface area contributed by atoms with Crippen molar-refractivity contribution in [3.63, 3.8) is 0 Å². The Balaban J connectivity index is 2.07. The maximum Gasteiger partial charge on any atom is 0.263 e. The fourth-order valence-electron chi connectivity index (χ4n) is 2.47. The molecule has 1 nitrogen and oxygen atoms in total. The first-order valence-corrected chi connectivity index (χ1v) is 7.23. The van der Waals surface area contributed by atoms with E-state index in [4.69, 9.17) is 0 Å². The number of benzene rings is 2. The summed E-state index contributed by atoms with van der Waals surface area (Å²) in [6, 6.07) is 17.0. The first-order valence-electron chi connectivity index (χ1n) is 7.23. The largest absolute Gasteiger partial charge is 0.306 e. The molecule has 0 spiro atoms. The van der Waals surface area contributed by atoms with Gasteiger partial charge < -0.3 is 5.32 Å². The summed E-state index contributed by atoms with van der Waals surface area (Å²) in [4.78, 5) is 0. The smallest absolute Gasteiger partial charge is 0.263 e. The highest BCUT2D eigenvalue weighted by atomic mass is 19.3. The van der Waals surface area contributed by atoms with E-state index in [-0.39, 0.29) is 11.6 Å². The summed E-state index contributed by atoms with van der Waals surface area (Å²) in [6.45, 7) is 4.89. The van der Waals surface area contributed by atoms with Crippen LogP contribution in [0.2, 0.25) is 0 Å². The molecular weight excluding hydrogens is 268 g/mol. The molecule has 112 valence electrons. The van der Waals surface area contributed by atoms with Gasteiger partial charge >= 0.3 is 0 Å².